The molecule has 0 aliphatic heterocycles. The lowest BCUT2D eigenvalue weighted by Gasteiger charge is -1.97. The quantitative estimate of drug-likeness (QED) is 0.473. The summed E-state index contributed by atoms with van der Waals surface area (Å²) in [6, 6.07) is 10.5. The summed E-state index contributed by atoms with van der Waals surface area (Å²) >= 11 is 0. The zero-order chi connectivity index (χ0) is 15.6. The number of pyridine rings is 2. The molecule has 8 nitrogen and oxygen atoms in total. The molecule has 2 N–H and O–H groups in total. The average molecular weight is 296 g/mol. The van der Waals surface area contributed by atoms with Gasteiger partial charge in [-0.05, 0) is 24.3 Å². The third kappa shape index (κ3) is 4.93. The lowest BCUT2D eigenvalue weighted by atomic mass is 10.4. The number of amides is 2. The van der Waals surface area contributed by atoms with Gasteiger partial charge in [-0.25, -0.2) is 10.9 Å². The van der Waals surface area contributed by atoms with Crippen molar-refractivity contribution in [3.8, 4) is 0 Å². The lowest BCUT2D eigenvalue weighted by Crippen LogP contribution is -2.35. The van der Waals surface area contributed by atoms with E-state index in [-0.39, 0.29) is 0 Å². The zero-order valence-corrected chi connectivity index (χ0v) is 11.4. The van der Waals surface area contributed by atoms with Crippen LogP contribution in [0.15, 0.2) is 59.0 Å². The van der Waals surface area contributed by atoms with Crippen LogP contribution in [-0.2, 0) is 9.59 Å². The molecule has 0 atom stereocenters. The molecule has 0 fully saturated rings. The second-order valence-electron chi connectivity index (χ2n) is 3.91. The fourth-order valence-corrected chi connectivity index (χ4v) is 1.32. The van der Waals surface area contributed by atoms with Crippen molar-refractivity contribution in [1.82, 2.24) is 20.8 Å². The Labute approximate surface area is 126 Å². The first-order valence-electron chi connectivity index (χ1n) is 6.24. The van der Waals surface area contributed by atoms with Crippen molar-refractivity contribution in [3.05, 3.63) is 60.2 Å². The van der Waals surface area contributed by atoms with Gasteiger partial charge in [-0.1, -0.05) is 12.1 Å². The van der Waals surface area contributed by atoms with Gasteiger partial charge in [0.2, 0.25) is 0 Å². The summed E-state index contributed by atoms with van der Waals surface area (Å²) < 4.78 is 0. The van der Waals surface area contributed by atoms with E-state index in [1.54, 1.807) is 48.8 Å². The molecule has 0 radical (unpaired) electrons. The van der Waals surface area contributed by atoms with Gasteiger partial charge in [0.1, 0.15) is 0 Å². The van der Waals surface area contributed by atoms with E-state index < -0.39 is 11.8 Å². The standard InChI is InChI=1S/C14H12N6O2/c21-13(19-17-9-11-5-1-3-7-15-11)14(22)20-18-10-12-6-2-4-8-16-12/h1-10H,(H,19,21)(H,20,22)/b17-9-,18-10-. The van der Waals surface area contributed by atoms with Gasteiger partial charge >= 0.3 is 11.8 Å². The highest BCUT2D eigenvalue weighted by molar-refractivity contribution is 6.35. The van der Waals surface area contributed by atoms with Crippen LogP contribution in [-0.4, -0.2) is 34.2 Å². The minimum atomic E-state index is -0.939. The Morgan fingerprint density at radius 2 is 1.27 bits per heavy atom. The molecular weight excluding hydrogens is 284 g/mol. The van der Waals surface area contributed by atoms with Gasteiger partial charge in [0.25, 0.3) is 0 Å². The predicted octanol–water partition coefficient (Wildman–Crippen LogP) is 0.0770. The highest BCUT2D eigenvalue weighted by Gasteiger charge is 2.10. The number of hydrogen-bond donors (Lipinski definition) is 2. The third-order valence-corrected chi connectivity index (χ3v) is 2.31. The molecule has 0 aromatic carbocycles. The fraction of sp³-hybridized carbons (Fsp3) is 0. The second-order valence-corrected chi connectivity index (χ2v) is 3.91. The van der Waals surface area contributed by atoms with Crippen LogP contribution < -0.4 is 10.9 Å². The summed E-state index contributed by atoms with van der Waals surface area (Å²) in [5, 5.41) is 7.23. The summed E-state index contributed by atoms with van der Waals surface area (Å²) in [4.78, 5) is 30.8. The average Bonchev–Trinajstić information content (AvgIpc) is 2.56. The summed E-state index contributed by atoms with van der Waals surface area (Å²) in [7, 11) is 0. The Balaban J connectivity index is 1.79. The van der Waals surface area contributed by atoms with Crippen LogP contribution in [0.5, 0.6) is 0 Å². The van der Waals surface area contributed by atoms with Crippen LogP contribution in [0.1, 0.15) is 11.4 Å². The van der Waals surface area contributed by atoms with Crippen molar-refractivity contribution in [2.24, 2.45) is 10.2 Å². The maximum atomic E-state index is 11.4. The third-order valence-electron chi connectivity index (χ3n) is 2.31. The Kier molecular flexibility index (Phi) is 5.45. The monoisotopic (exact) mass is 296 g/mol. The number of nitrogens with zero attached hydrogens (tertiary/aromatic N) is 4. The molecule has 0 aliphatic rings. The molecule has 0 saturated heterocycles. The number of rotatable bonds is 4. The molecule has 22 heavy (non-hydrogen) atoms. The number of carbonyl (C=O) groups excluding carboxylic acids is 2. The summed E-state index contributed by atoms with van der Waals surface area (Å²) in [6.45, 7) is 0. The normalized spacial score (nSPS) is 10.7. The van der Waals surface area contributed by atoms with Crippen LogP contribution in [0.2, 0.25) is 0 Å². The first-order valence-corrected chi connectivity index (χ1v) is 6.24. The van der Waals surface area contributed by atoms with E-state index in [1.807, 2.05) is 0 Å². The smallest absolute Gasteiger partial charge is 0.262 e. The minimum absolute atomic E-state index is 0.552. The highest BCUT2D eigenvalue weighted by atomic mass is 16.2. The summed E-state index contributed by atoms with van der Waals surface area (Å²) in [6.07, 6.45) is 5.81. The minimum Gasteiger partial charge on any atom is -0.262 e. The van der Waals surface area contributed by atoms with Gasteiger partial charge in [0.05, 0.1) is 23.8 Å². The van der Waals surface area contributed by atoms with E-state index >= 15 is 0 Å². The van der Waals surface area contributed by atoms with Crippen LogP contribution in [0.4, 0.5) is 0 Å². The molecule has 110 valence electrons. The Bertz CT molecular complexity index is 623. The van der Waals surface area contributed by atoms with Crippen molar-refractivity contribution in [1.29, 1.82) is 0 Å². The lowest BCUT2D eigenvalue weighted by molar-refractivity contribution is -0.139. The van der Waals surface area contributed by atoms with Gasteiger partial charge in [-0.2, -0.15) is 10.2 Å². The zero-order valence-electron chi connectivity index (χ0n) is 11.4. The SMILES string of the molecule is O=C(N/N=C\c1ccccn1)C(=O)N/N=C\c1ccccn1. The van der Waals surface area contributed by atoms with E-state index in [0.717, 1.165) is 0 Å². The van der Waals surface area contributed by atoms with Gasteiger partial charge < -0.3 is 0 Å². The topological polar surface area (TPSA) is 109 Å². The first kappa shape index (κ1) is 15.0. The highest BCUT2D eigenvalue weighted by Crippen LogP contribution is 1.88. The molecule has 0 saturated carbocycles. The van der Waals surface area contributed by atoms with Crippen molar-refractivity contribution < 1.29 is 9.59 Å². The maximum absolute atomic E-state index is 11.4. The number of hydrazone groups is 2. The molecular formula is C14H12N6O2. The second kappa shape index (κ2) is 8.00. The summed E-state index contributed by atoms with van der Waals surface area (Å²) in [5.74, 6) is -1.88. The Morgan fingerprint density at radius 1 is 0.818 bits per heavy atom. The van der Waals surface area contributed by atoms with Crippen molar-refractivity contribution in [2.45, 2.75) is 0 Å². The first-order chi connectivity index (χ1) is 10.8. The molecule has 2 rings (SSSR count). The molecule has 2 aromatic rings. The number of nitrogens with one attached hydrogen (secondary N) is 2. The van der Waals surface area contributed by atoms with Crippen LogP contribution >= 0.6 is 0 Å². The molecule has 2 aromatic heterocycles. The largest absolute Gasteiger partial charge is 0.331 e. The van der Waals surface area contributed by atoms with Crippen molar-refractivity contribution in [2.75, 3.05) is 0 Å². The van der Waals surface area contributed by atoms with E-state index in [4.69, 9.17) is 0 Å². The van der Waals surface area contributed by atoms with Crippen LogP contribution in [0, 0.1) is 0 Å². The summed E-state index contributed by atoms with van der Waals surface area (Å²) in [5.41, 5.74) is 5.24. The molecule has 0 aliphatic carbocycles. The molecule has 0 unspecified atom stereocenters. The van der Waals surface area contributed by atoms with Crippen LogP contribution in [0.25, 0.3) is 0 Å². The number of aromatic nitrogens is 2. The van der Waals surface area contributed by atoms with Gasteiger partial charge in [0.15, 0.2) is 0 Å². The Hall–Kier alpha value is -3.42. The van der Waals surface area contributed by atoms with Gasteiger partial charge in [-0.15, -0.1) is 0 Å². The van der Waals surface area contributed by atoms with E-state index in [2.05, 4.69) is 31.0 Å². The van der Waals surface area contributed by atoms with E-state index in [1.165, 1.54) is 12.4 Å². The molecule has 8 heteroatoms. The maximum Gasteiger partial charge on any atom is 0.331 e. The molecule has 2 amide bonds. The number of hydrogen-bond acceptors (Lipinski definition) is 6. The molecule has 0 spiro atoms. The molecule has 0 bridgehead atoms. The molecule has 2 heterocycles. The van der Waals surface area contributed by atoms with E-state index in [9.17, 15) is 9.59 Å². The van der Waals surface area contributed by atoms with Gasteiger partial charge in [-0.3, -0.25) is 19.6 Å². The van der Waals surface area contributed by atoms with E-state index in [0.29, 0.717) is 11.4 Å². The van der Waals surface area contributed by atoms with Crippen LogP contribution in [0.3, 0.4) is 0 Å². The Morgan fingerprint density at radius 3 is 1.64 bits per heavy atom. The number of carbonyl (C=O) groups is 2. The van der Waals surface area contributed by atoms with Crippen molar-refractivity contribution in [3.63, 3.8) is 0 Å². The predicted molar refractivity (Wildman–Crippen MR) is 79.9 cm³/mol. The van der Waals surface area contributed by atoms with Gasteiger partial charge in [0, 0.05) is 12.4 Å². The van der Waals surface area contributed by atoms with Crippen molar-refractivity contribution >= 4 is 24.2 Å². The fourth-order valence-electron chi connectivity index (χ4n) is 1.32.